The Morgan fingerprint density at radius 1 is 1.11 bits per heavy atom. The van der Waals surface area contributed by atoms with E-state index in [0.29, 0.717) is 5.82 Å². The molecule has 1 aromatic rings. The highest BCUT2D eigenvalue weighted by Crippen LogP contribution is 2.23. The molecule has 4 heteroatoms. The quantitative estimate of drug-likeness (QED) is 0.782. The summed E-state index contributed by atoms with van der Waals surface area (Å²) >= 11 is 0. The molecule has 1 rings (SSSR count). The second kappa shape index (κ2) is 4.11. The maximum Gasteiger partial charge on any atom is 0.419 e. The smallest absolute Gasteiger partial charge is 0.419 e. The summed E-state index contributed by atoms with van der Waals surface area (Å²) < 4.78 is 3.83. The summed E-state index contributed by atoms with van der Waals surface area (Å²) in [5, 5.41) is 9.57. The van der Waals surface area contributed by atoms with E-state index in [2.05, 4.69) is 0 Å². The Kier molecular flexibility index (Phi) is 3.36. The fourth-order valence-corrected chi connectivity index (χ4v) is 2.57. The van der Waals surface area contributed by atoms with E-state index in [-0.39, 0.29) is 11.1 Å². The SMILES string of the molecule is Cc1c(C)[n+](C(C)(C)C)c(C(=O)O)n1C(C)(C)C. The second-order valence-corrected chi connectivity index (χ2v) is 6.81. The minimum Gasteiger partial charge on any atom is -0.472 e. The molecule has 0 radical (unpaired) electrons. The molecule has 0 spiro atoms. The van der Waals surface area contributed by atoms with Gasteiger partial charge in [0.25, 0.3) is 0 Å². The molecule has 0 aliphatic carbocycles. The number of hydrogen-bond acceptors (Lipinski definition) is 1. The molecule has 1 N–H and O–H groups in total. The highest BCUT2D eigenvalue weighted by Gasteiger charge is 2.41. The molecule has 0 saturated heterocycles. The predicted molar refractivity (Wildman–Crippen MR) is 71.1 cm³/mol. The van der Waals surface area contributed by atoms with E-state index in [4.69, 9.17) is 0 Å². The number of aromatic carboxylic acids is 1. The van der Waals surface area contributed by atoms with Crippen LogP contribution < -0.4 is 4.57 Å². The summed E-state index contributed by atoms with van der Waals surface area (Å²) in [6, 6.07) is 0. The minimum absolute atomic E-state index is 0.251. The number of aromatic nitrogens is 2. The van der Waals surface area contributed by atoms with Gasteiger partial charge in [-0.1, -0.05) is 0 Å². The number of imidazole rings is 1. The molecule has 1 heterocycles. The maximum absolute atomic E-state index is 11.7. The summed E-state index contributed by atoms with van der Waals surface area (Å²) in [6.45, 7) is 16.1. The molecule has 102 valence electrons. The van der Waals surface area contributed by atoms with Gasteiger partial charge in [0.2, 0.25) is 0 Å². The van der Waals surface area contributed by atoms with Crippen molar-refractivity contribution in [2.75, 3.05) is 0 Å². The molecule has 0 saturated carbocycles. The first kappa shape index (κ1) is 14.7. The zero-order valence-corrected chi connectivity index (χ0v) is 12.7. The van der Waals surface area contributed by atoms with Crippen LogP contribution in [0, 0.1) is 13.8 Å². The lowest BCUT2D eigenvalue weighted by Crippen LogP contribution is -2.56. The van der Waals surface area contributed by atoms with Gasteiger partial charge in [-0.3, -0.25) is 0 Å². The molecule has 0 unspecified atom stereocenters. The first-order chi connectivity index (χ1) is 7.89. The van der Waals surface area contributed by atoms with Crippen LogP contribution in [0.3, 0.4) is 0 Å². The lowest BCUT2D eigenvalue weighted by molar-refractivity contribution is -0.760. The molecule has 18 heavy (non-hydrogen) atoms. The van der Waals surface area contributed by atoms with Crippen LogP contribution in [-0.2, 0) is 11.1 Å². The van der Waals surface area contributed by atoms with E-state index in [0.717, 1.165) is 11.4 Å². The number of hydrogen-bond donors (Lipinski definition) is 1. The number of nitrogens with zero attached hydrogens (tertiary/aromatic N) is 2. The second-order valence-electron chi connectivity index (χ2n) is 6.81. The Labute approximate surface area is 109 Å². The van der Waals surface area contributed by atoms with Crippen molar-refractivity contribution in [2.24, 2.45) is 0 Å². The molecule has 0 atom stereocenters. The summed E-state index contributed by atoms with van der Waals surface area (Å²) in [5.74, 6) is -0.527. The average molecular weight is 253 g/mol. The van der Waals surface area contributed by atoms with Crippen molar-refractivity contribution in [2.45, 2.75) is 66.5 Å². The molecule has 0 aliphatic heterocycles. The molecule has 0 bridgehead atoms. The lowest BCUT2D eigenvalue weighted by Gasteiger charge is -2.20. The third-order valence-corrected chi connectivity index (χ3v) is 3.15. The highest BCUT2D eigenvalue weighted by molar-refractivity contribution is 5.82. The van der Waals surface area contributed by atoms with Crippen LogP contribution in [0.5, 0.6) is 0 Å². The fourth-order valence-electron chi connectivity index (χ4n) is 2.57. The Morgan fingerprint density at radius 3 is 1.83 bits per heavy atom. The lowest BCUT2D eigenvalue weighted by atomic mass is 10.1. The Morgan fingerprint density at radius 2 is 1.56 bits per heavy atom. The van der Waals surface area contributed by atoms with Crippen LogP contribution in [0.1, 0.15) is 63.5 Å². The standard InChI is InChI=1S/C14H24N2O2/c1-9-10(2)16(14(6,7)8)11(12(17)18)15(9)13(3,4)5/h1-8H3/p+1. The number of carbonyl (C=O) groups is 1. The Bertz CT molecular complexity index is 448. The number of rotatable bonds is 1. The van der Waals surface area contributed by atoms with Gasteiger partial charge in [-0.25, -0.2) is 13.9 Å². The monoisotopic (exact) mass is 253 g/mol. The Balaban J connectivity index is 3.82. The fraction of sp³-hybridized carbons (Fsp3) is 0.714. The van der Waals surface area contributed by atoms with E-state index in [9.17, 15) is 9.90 Å². The van der Waals surface area contributed by atoms with Gasteiger partial charge in [0.05, 0.1) is 0 Å². The van der Waals surface area contributed by atoms with E-state index >= 15 is 0 Å². The summed E-state index contributed by atoms with van der Waals surface area (Å²) in [4.78, 5) is 11.7. The van der Waals surface area contributed by atoms with Gasteiger partial charge < -0.3 is 5.11 Å². The molecule has 0 amide bonds. The van der Waals surface area contributed by atoms with Gasteiger partial charge in [-0.15, -0.1) is 0 Å². The summed E-state index contributed by atoms with van der Waals surface area (Å²) in [6.07, 6.45) is 0. The van der Waals surface area contributed by atoms with Crippen molar-refractivity contribution < 1.29 is 14.5 Å². The summed E-state index contributed by atoms with van der Waals surface area (Å²) in [7, 11) is 0. The molecule has 4 nitrogen and oxygen atoms in total. The molecular formula is C14H25N2O2+. The molecule has 0 aromatic carbocycles. The maximum atomic E-state index is 11.7. The normalized spacial score (nSPS) is 12.9. The zero-order valence-electron chi connectivity index (χ0n) is 12.7. The number of carboxylic acids is 1. The van der Waals surface area contributed by atoms with Crippen molar-refractivity contribution in [3.63, 3.8) is 0 Å². The van der Waals surface area contributed by atoms with Crippen molar-refractivity contribution in [3.05, 3.63) is 17.2 Å². The summed E-state index contributed by atoms with van der Waals surface area (Å²) in [5.41, 5.74) is 1.52. The van der Waals surface area contributed by atoms with Gasteiger partial charge in [-0.05, 0) is 41.5 Å². The van der Waals surface area contributed by atoms with E-state index < -0.39 is 5.97 Å². The Hall–Kier alpha value is -1.32. The van der Waals surface area contributed by atoms with Crippen LogP contribution in [0.4, 0.5) is 0 Å². The zero-order chi connectivity index (χ0) is 14.5. The van der Waals surface area contributed by atoms with Gasteiger partial charge in [-0.2, -0.15) is 0 Å². The van der Waals surface area contributed by atoms with Crippen LogP contribution in [0.15, 0.2) is 0 Å². The van der Waals surface area contributed by atoms with Crippen LogP contribution in [-0.4, -0.2) is 15.6 Å². The van der Waals surface area contributed by atoms with Gasteiger partial charge in [0.15, 0.2) is 0 Å². The van der Waals surface area contributed by atoms with Crippen molar-refractivity contribution in [3.8, 4) is 0 Å². The van der Waals surface area contributed by atoms with Crippen molar-refractivity contribution in [1.82, 2.24) is 4.57 Å². The topological polar surface area (TPSA) is 46.1 Å². The van der Waals surface area contributed by atoms with E-state index in [1.807, 2.05) is 64.5 Å². The first-order valence-electron chi connectivity index (χ1n) is 6.27. The molecule has 0 fully saturated rings. The van der Waals surface area contributed by atoms with Gasteiger partial charge in [0.1, 0.15) is 22.5 Å². The molecule has 1 aromatic heterocycles. The molecule has 0 aliphatic rings. The van der Waals surface area contributed by atoms with Crippen LogP contribution in [0.25, 0.3) is 0 Å². The largest absolute Gasteiger partial charge is 0.472 e. The van der Waals surface area contributed by atoms with E-state index in [1.54, 1.807) is 0 Å². The van der Waals surface area contributed by atoms with Crippen LogP contribution in [0.2, 0.25) is 0 Å². The highest BCUT2D eigenvalue weighted by atomic mass is 16.4. The third-order valence-electron chi connectivity index (χ3n) is 3.15. The van der Waals surface area contributed by atoms with Gasteiger partial charge in [0, 0.05) is 13.8 Å². The minimum atomic E-state index is -0.879. The van der Waals surface area contributed by atoms with Gasteiger partial charge >= 0.3 is 11.8 Å². The first-order valence-corrected chi connectivity index (χ1v) is 6.27. The molecular weight excluding hydrogens is 228 g/mol. The van der Waals surface area contributed by atoms with Crippen molar-refractivity contribution >= 4 is 5.97 Å². The number of carboxylic acid groups (broad SMARTS) is 1. The predicted octanol–water partition coefficient (Wildman–Crippen LogP) is 2.60. The van der Waals surface area contributed by atoms with Crippen LogP contribution >= 0.6 is 0 Å². The average Bonchev–Trinajstić information content (AvgIpc) is 2.37. The van der Waals surface area contributed by atoms with E-state index in [1.165, 1.54) is 0 Å². The van der Waals surface area contributed by atoms with Crippen molar-refractivity contribution in [1.29, 1.82) is 0 Å². The third kappa shape index (κ3) is 2.28.